The molecule has 8 nitrogen and oxygen atoms in total. The largest absolute Gasteiger partial charge is 0.480 e. The molecule has 0 aliphatic carbocycles. The third-order valence-electron chi connectivity index (χ3n) is 4.54. The number of aryl methyl sites for hydroxylation is 1. The third kappa shape index (κ3) is 7.21. The molecule has 0 radical (unpaired) electrons. The lowest BCUT2D eigenvalue weighted by Crippen LogP contribution is -2.33. The van der Waals surface area contributed by atoms with Crippen LogP contribution >= 0.6 is 0 Å². The minimum absolute atomic E-state index is 0.0367. The minimum Gasteiger partial charge on any atom is -0.480 e. The van der Waals surface area contributed by atoms with Crippen LogP contribution in [0.3, 0.4) is 0 Å². The molecule has 3 amide bonds. The van der Waals surface area contributed by atoms with E-state index in [0.29, 0.717) is 30.9 Å². The lowest BCUT2D eigenvalue weighted by atomic mass is 10.2. The molecule has 0 saturated carbocycles. The van der Waals surface area contributed by atoms with Gasteiger partial charge in [-0.05, 0) is 56.3 Å². The first-order valence-corrected chi connectivity index (χ1v) is 9.68. The fourth-order valence-electron chi connectivity index (χ4n) is 3.00. The van der Waals surface area contributed by atoms with E-state index in [9.17, 15) is 14.4 Å². The summed E-state index contributed by atoms with van der Waals surface area (Å²) in [7, 11) is 1.73. The molecule has 30 heavy (non-hydrogen) atoms. The molecule has 0 fully saturated rings. The standard InChI is InChI=1S/C22H28N4O4/c1-16-7-4-5-8-20(16)24-22(30)23-18-9-11-19(12-10-18)26(17(2)27)14-6-13-25(3)15-21(28)29/h4-5,7-12H,6,13-15H2,1-3H3,(H,28,29)(H2,23,24,30). The Labute approximate surface area is 176 Å². The van der Waals surface area contributed by atoms with E-state index in [1.54, 1.807) is 41.1 Å². The number of hydrogen-bond acceptors (Lipinski definition) is 4. The Bertz CT molecular complexity index is 883. The van der Waals surface area contributed by atoms with Crippen molar-refractivity contribution in [1.82, 2.24) is 4.90 Å². The van der Waals surface area contributed by atoms with Crippen LogP contribution < -0.4 is 15.5 Å². The molecule has 2 aromatic carbocycles. The Balaban J connectivity index is 1.93. The molecule has 0 heterocycles. The van der Waals surface area contributed by atoms with Gasteiger partial charge in [0.1, 0.15) is 0 Å². The third-order valence-corrected chi connectivity index (χ3v) is 4.54. The number of likely N-dealkylation sites (N-methyl/N-ethyl adjacent to an activating group) is 1. The number of nitrogens with zero attached hydrogens (tertiary/aromatic N) is 2. The number of anilines is 3. The van der Waals surface area contributed by atoms with E-state index in [-0.39, 0.29) is 18.5 Å². The van der Waals surface area contributed by atoms with Gasteiger partial charge in [-0.1, -0.05) is 18.2 Å². The Hall–Kier alpha value is -3.39. The molecule has 0 saturated heterocycles. The van der Waals surface area contributed by atoms with Gasteiger partial charge < -0.3 is 20.6 Å². The summed E-state index contributed by atoms with van der Waals surface area (Å²) >= 11 is 0. The Morgan fingerprint density at radius 3 is 2.23 bits per heavy atom. The number of carbonyl (C=O) groups excluding carboxylic acids is 2. The Kier molecular flexibility index (Phi) is 8.37. The lowest BCUT2D eigenvalue weighted by molar-refractivity contribution is -0.138. The molecular formula is C22H28N4O4. The molecule has 2 aromatic rings. The molecule has 0 aliphatic rings. The number of amides is 3. The second-order valence-electron chi connectivity index (χ2n) is 7.10. The average molecular weight is 412 g/mol. The van der Waals surface area contributed by atoms with Crippen LogP contribution in [0.2, 0.25) is 0 Å². The molecule has 8 heteroatoms. The fraction of sp³-hybridized carbons (Fsp3) is 0.318. The van der Waals surface area contributed by atoms with Gasteiger partial charge in [-0.3, -0.25) is 14.5 Å². The van der Waals surface area contributed by atoms with Crippen molar-refractivity contribution in [2.24, 2.45) is 0 Å². The SMILES string of the molecule is CC(=O)N(CCCN(C)CC(=O)O)c1ccc(NC(=O)Nc2ccccc2C)cc1. The topological polar surface area (TPSA) is 102 Å². The predicted molar refractivity (Wildman–Crippen MR) is 118 cm³/mol. The summed E-state index contributed by atoms with van der Waals surface area (Å²) in [6, 6.07) is 14.2. The van der Waals surface area contributed by atoms with Gasteiger partial charge in [-0.2, -0.15) is 0 Å². The first kappa shape index (κ1) is 22.9. The molecule has 0 aliphatic heterocycles. The van der Waals surface area contributed by atoms with Gasteiger partial charge >= 0.3 is 12.0 Å². The van der Waals surface area contributed by atoms with Crippen LogP contribution in [0.5, 0.6) is 0 Å². The maximum absolute atomic E-state index is 12.2. The van der Waals surface area contributed by atoms with Gasteiger partial charge in [0, 0.05) is 37.1 Å². The van der Waals surface area contributed by atoms with E-state index in [0.717, 1.165) is 11.3 Å². The van der Waals surface area contributed by atoms with E-state index >= 15 is 0 Å². The number of para-hydroxylation sites is 1. The summed E-state index contributed by atoms with van der Waals surface area (Å²) in [6.45, 7) is 4.41. The van der Waals surface area contributed by atoms with Crippen LogP contribution in [-0.4, -0.2) is 54.6 Å². The van der Waals surface area contributed by atoms with E-state index in [1.807, 2.05) is 31.2 Å². The monoisotopic (exact) mass is 412 g/mol. The number of carbonyl (C=O) groups is 3. The van der Waals surface area contributed by atoms with Gasteiger partial charge in [0.2, 0.25) is 5.91 Å². The van der Waals surface area contributed by atoms with Crippen LogP contribution in [0.25, 0.3) is 0 Å². The zero-order valence-electron chi connectivity index (χ0n) is 17.5. The van der Waals surface area contributed by atoms with Crippen molar-refractivity contribution in [3.05, 3.63) is 54.1 Å². The number of hydrogen-bond donors (Lipinski definition) is 3. The lowest BCUT2D eigenvalue weighted by Gasteiger charge is -2.23. The number of carboxylic acids is 1. The summed E-state index contributed by atoms with van der Waals surface area (Å²) in [5.41, 5.74) is 3.03. The normalized spacial score (nSPS) is 10.5. The molecule has 0 aromatic heterocycles. The van der Waals surface area contributed by atoms with Crippen molar-refractivity contribution in [3.8, 4) is 0 Å². The highest BCUT2D eigenvalue weighted by molar-refractivity contribution is 6.00. The summed E-state index contributed by atoms with van der Waals surface area (Å²) in [6.07, 6.45) is 0.641. The molecule has 3 N–H and O–H groups in total. The van der Waals surface area contributed by atoms with Crippen molar-refractivity contribution < 1.29 is 19.5 Å². The molecular weight excluding hydrogens is 384 g/mol. The number of benzene rings is 2. The molecule has 0 atom stereocenters. The zero-order valence-corrected chi connectivity index (χ0v) is 17.5. The van der Waals surface area contributed by atoms with E-state index in [4.69, 9.17) is 5.11 Å². The molecule has 0 unspecified atom stereocenters. The minimum atomic E-state index is -0.879. The molecule has 160 valence electrons. The van der Waals surface area contributed by atoms with Crippen molar-refractivity contribution in [2.45, 2.75) is 20.3 Å². The summed E-state index contributed by atoms with van der Waals surface area (Å²) in [4.78, 5) is 38.3. The van der Waals surface area contributed by atoms with E-state index in [2.05, 4.69) is 10.6 Å². The number of carboxylic acid groups (broad SMARTS) is 1. The van der Waals surface area contributed by atoms with Gasteiger partial charge in [-0.25, -0.2) is 4.79 Å². The Morgan fingerprint density at radius 2 is 1.63 bits per heavy atom. The number of rotatable bonds is 9. The second kappa shape index (κ2) is 11.0. The Morgan fingerprint density at radius 1 is 0.967 bits per heavy atom. The van der Waals surface area contributed by atoms with Crippen LogP contribution in [0.4, 0.5) is 21.9 Å². The highest BCUT2D eigenvalue weighted by Crippen LogP contribution is 2.19. The second-order valence-corrected chi connectivity index (χ2v) is 7.10. The predicted octanol–water partition coefficient (Wildman–Crippen LogP) is 3.40. The zero-order chi connectivity index (χ0) is 22.1. The molecule has 2 rings (SSSR count). The molecule has 0 bridgehead atoms. The van der Waals surface area contributed by atoms with Crippen LogP contribution in [0.1, 0.15) is 18.9 Å². The number of aliphatic carboxylic acids is 1. The van der Waals surface area contributed by atoms with Crippen LogP contribution in [-0.2, 0) is 9.59 Å². The molecule has 0 spiro atoms. The summed E-state index contributed by atoms with van der Waals surface area (Å²) < 4.78 is 0. The van der Waals surface area contributed by atoms with Gasteiger partial charge in [0.15, 0.2) is 0 Å². The first-order valence-electron chi connectivity index (χ1n) is 9.68. The van der Waals surface area contributed by atoms with Crippen molar-refractivity contribution in [3.63, 3.8) is 0 Å². The van der Waals surface area contributed by atoms with Crippen molar-refractivity contribution in [2.75, 3.05) is 42.2 Å². The van der Waals surface area contributed by atoms with E-state index in [1.165, 1.54) is 6.92 Å². The maximum atomic E-state index is 12.2. The summed E-state index contributed by atoms with van der Waals surface area (Å²) in [5, 5.41) is 14.4. The quantitative estimate of drug-likeness (QED) is 0.586. The van der Waals surface area contributed by atoms with Gasteiger partial charge in [-0.15, -0.1) is 0 Å². The fourth-order valence-corrected chi connectivity index (χ4v) is 3.00. The highest BCUT2D eigenvalue weighted by Gasteiger charge is 2.13. The number of urea groups is 1. The highest BCUT2D eigenvalue weighted by atomic mass is 16.4. The first-order chi connectivity index (χ1) is 14.3. The van der Waals surface area contributed by atoms with Gasteiger partial charge in [0.05, 0.1) is 6.54 Å². The van der Waals surface area contributed by atoms with Crippen LogP contribution in [0.15, 0.2) is 48.5 Å². The summed E-state index contributed by atoms with van der Waals surface area (Å²) in [5.74, 6) is -0.982. The van der Waals surface area contributed by atoms with Crippen molar-refractivity contribution >= 4 is 35.0 Å². The van der Waals surface area contributed by atoms with Crippen molar-refractivity contribution in [1.29, 1.82) is 0 Å². The van der Waals surface area contributed by atoms with Crippen LogP contribution in [0, 0.1) is 6.92 Å². The van der Waals surface area contributed by atoms with Gasteiger partial charge in [0.25, 0.3) is 0 Å². The smallest absolute Gasteiger partial charge is 0.323 e. The maximum Gasteiger partial charge on any atom is 0.323 e. The van der Waals surface area contributed by atoms with E-state index < -0.39 is 5.97 Å². The number of nitrogens with one attached hydrogen (secondary N) is 2. The average Bonchev–Trinajstić information content (AvgIpc) is 2.67.